The van der Waals surface area contributed by atoms with Crippen LogP contribution >= 0.6 is 15.9 Å². The Bertz CT molecular complexity index is 76.9. The van der Waals surface area contributed by atoms with Gasteiger partial charge < -0.3 is 0 Å². The largest absolute Gasteiger partial charge is 0.273 e. The minimum Gasteiger partial charge on any atom is -0.273 e. The van der Waals surface area contributed by atoms with Crippen LogP contribution in [-0.4, -0.2) is 5.33 Å². The molecule has 1 rings (SSSR count). The molecule has 0 saturated heterocycles. The van der Waals surface area contributed by atoms with Crippen LogP contribution < -0.4 is 0 Å². The topological polar surface area (TPSA) is 0 Å². The van der Waals surface area contributed by atoms with Gasteiger partial charge in [-0.15, -0.1) is 6.42 Å². The third-order valence-corrected chi connectivity index (χ3v) is 0.586. The van der Waals surface area contributed by atoms with Gasteiger partial charge in [0.2, 0.25) is 0 Å². The molecule has 0 fully saturated rings. The molecule has 0 bridgehead atoms. The first kappa shape index (κ1) is 12.4. The average Bonchev–Trinajstić information content (AvgIpc) is 2.17. The summed E-state index contributed by atoms with van der Waals surface area (Å²) in [6.45, 7) is 2.04. The van der Waals surface area contributed by atoms with Crippen LogP contribution in [0, 0.1) is 6.08 Å². The van der Waals surface area contributed by atoms with Crippen LogP contribution in [0.25, 0.3) is 0 Å². The molecular formula is C7H10BrTi-. The van der Waals surface area contributed by atoms with Crippen molar-refractivity contribution in [3.63, 3.8) is 0 Å². The fourth-order valence-corrected chi connectivity index (χ4v) is 0.340. The van der Waals surface area contributed by atoms with Crippen molar-refractivity contribution in [2.45, 2.75) is 13.3 Å². The number of hydrogen-bond donors (Lipinski definition) is 0. The molecule has 0 atom stereocenters. The molecule has 0 unspecified atom stereocenters. The summed E-state index contributed by atoms with van der Waals surface area (Å²) in [4.78, 5) is 0. The Balaban J connectivity index is 0. The zero-order chi connectivity index (χ0) is 6.24. The van der Waals surface area contributed by atoms with Gasteiger partial charge in [-0.1, -0.05) is 22.9 Å². The van der Waals surface area contributed by atoms with Crippen molar-refractivity contribution in [2.24, 2.45) is 0 Å². The molecule has 0 aliphatic heterocycles. The Kier molecular flexibility index (Phi) is 15.7. The average molecular weight is 222 g/mol. The summed E-state index contributed by atoms with van der Waals surface area (Å²) in [5.74, 6) is 0. The molecule has 0 aromatic heterocycles. The van der Waals surface area contributed by atoms with E-state index < -0.39 is 0 Å². The van der Waals surface area contributed by atoms with Crippen molar-refractivity contribution < 1.29 is 21.7 Å². The fourth-order valence-electron chi connectivity index (χ4n) is 0.340. The summed E-state index contributed by atoms with van der Waals surface area (Å²) >= 11 is 3.15. The van der Waals surface area contributed by atoms with Gasteiger partial charge in [0, 0.05) is 27.0 Å². The first-order valence-corrected chi connectivity index (χ1v) is 3.81. The Morgan fingerprint density at radius 1 is 1.67 bits per heavy atom. The van der Waals surface area contributed by atoms with Crippen LogP contribution in [0.15, 0.2) is 18.2 Å². The van der Waals surface area contributed by atoms with Gasteiger partial charge in [-0.25, -0.2) is 12.2 Å². The molecule has 50 valence electrons. The van der Waals surface area contributed by atoms with Gasteiger partial charge in [-0.2, -0.15) is 6.08 Å². The minimum atomic E-state index is 0. The van der Waals surface area contributed by atoms with Crippen LogP contribution in [0.3, 0.4) is 0 Å². The van der Waals surface area contributed by atoms with Gasteiger partial charge >= 0.3 is 0 Å². The Morgan fingerprint density at radius 2 is 2.22 bits per heavy atom. The van der Waals surface area contributed by atoms with Gasteiger partial charge in [0.05, 0.1) is 0 Å². The van der Waals surface area contributed by atoms with Crippen molar-refractivity contribution in [2.75, 3.05) is 5.33 Å². The van der Waals surface area contributed by atoms with E-state index in [4.69, 9.17) is 0 Å². The van der Waals surface area contributed by atoms with Crippen LogP contribution in [0.2, 0.25) is 0 Å². The van der Waals surface area contributed by atoms with Gasteiger partial charge in [-0.05, 0) is 0 Å². The van der Waals surface area contributed by atoms with E-state index >= 15 is 0 Å². The predicted octanol–water partition coefficient (Wildman–Crippen LogP) is 2.70. The SMILES string of the molecule is CCBr.[C-]1=CC=CC1.[Ti]. The second kappa shape index (κ2) is 11.5. The molecular weight excluding hydrogens is 212 g/mol. The maximum Gasteiger partial charge on any atom is 0.000281 e. The first-order valence-electron chi connectivity index (χ1n) is 2.69. The van der Waals surface area contributed by atoms with Crippen molar-refractivity contribution in [3.8, 4) is 0 Å². The van der Waals surface area contributed by atoms with Crippen LogP contribution in [0.5, 0.6) is 0 Å². The van der Waals surface area contributed by atoms with Crippen LogP contribution in [0.1, 0.15) is 13.3 Å². The summed E-state index contributed by atoms with van der Waals surface area (Å²) in [5, 5.41) is 1.06. The standard InChI is InChI=1S/C5H5.C2H5Br.Ti/c1-2-4-5-3-1;1-2-3;/h1-3H,4H2;2H2,1H3;/q-1;;. The van der Waals surface area contributed by atoms with E-state index in [0.29, 0.717) is 0 Å². The molecule has 0 amide bonds. The summed E-state index contributed by atoms with van der Waals surface area (Å²) in [6, 6.07) is 0. The molecule has 1 aliphatic carbocycles. The molecule has 9 heavy (non-hydrogen) atoms. The number of alkyl halides is 1. The Labute approximate surface area is 80.4 Å². The predicted molar refractivity (Wildman–Crippen MR) is 41.0 cm³/mol. The molecule has 0 N–H and O–H groups in total. The van der Waals surface area contributed by atoms with E-state index in [-0.39, 0.29) is 21.7 Å². The number of halogens is 1. The van der Waals surface area contributed by atoms with Gasteiger partial charge in [0.1, 0.15) is 0 Å². The third kappa shape index (κ3) is 12.0. The quantitative estimate of drug-likeness (QED) is 0.335. The monoisotopic (exact) mass is 221 g/mol. The second-order valence-electron chi connectivity index (χ2n) is 1.27. The van der Waals surface area contributed by atoms with Gasteiger partial charge in [0.15, 0.2) is 0 Å². The maximum absolute atomic E-state index is 3.15. The number of rotatable bonds is 0. The number of allylic oxidation sites excluding steroid dienone is 4. The van der Waals surface area contributed by atoms with E-state index in [1.54, 1.807) is 0 Å². The zero-order valence-corrected chi connectivity index (χ0v) is 8.67. The van der Waals surface area contributed by atoms with Gasteiger partial charge in [0.25, 0.3) is 0 Å². The fraction of sp³-hybridized carbons (Fsp3) is 0.429. The normalized spacial score (nSPS) is 11.8. The van der Waals surface area contributed by atoms with E-state index in [9.17, 15) is 0 Å². The molecule has 2 heteroatoms. The summed E-state index contributed by atoms with van der Waals surface area (Å²) < 4.78 is 0. The maximum atomic E-state index is 3.15. The van der Waals surface area contributed by atoms with Gasteiger partial charge in [-0.3, -0.25) is 6.08 Å². The van der Waals surface area contributed by atoms with E-state index in [2.05, 4.69) is 28.1 Å². The van der Waals surface area contributed by atoms with Crippen LogP contribution in [0.4, 0.5) is 0 Å². The Morgan fingerprint density at radius 3 is 2.33 bits per heavy atom. The number of hydrogen-bond acceptors (Lipinski definition) is 0. The Hall–Kier alpha value is 0.674. The molecule has 0 radical (unpaired) electrons. The van der Waals surface area contributed by atoms with Crippen molar-refractivity contribution >= 4 is 15.9 Å². The minimum absolute atomic E-state index is 0. The molecule has 0 heterocycles. The molecule has 1 aliphatic rings. The second-order valence-corrected chi connectivity index (χ2v) is 2.39. The van der Waals surface area contributed by atoms with Crippen LogP contribution in [-0.2, 0) is 21.7 Å². The smallest absolute Gasteiger partial charge is 0.000281 e. The van der Waals surface area contributed by atoms with E-state index in [1.807, 2.05) is 19.1 Å². The molecule has 0 aromatic rings. The first-order chi connectivity index (χ1) is 3.91. The summed E-state index contributed by atoms with van der Waals surface area (Å²) in [7, 11) is 0. The van der Waals surface area contributed by atoms with Crippen molar-refractivity contribution in [1.29, 1.82) is 0 Å². The van der Waals surface area contributed by atoms with Crippen molar-refractivity contribution in [3.05, 3.63) is 24.3 Å². The molecule has 0 nitrogen and oxygen atoms in total. The molecule has 0 aromatic carbocycles. The molecule has 0 saturated carbocycles. The summed E-state index contributed by atoms with van der Waals surface area (Å²) in [5.41, 5.74) is 0. The summed E-state index contributed by atoms with van der Waals surface area (Å²) in [6.07, 6.45) is 10.0. The molecule has 0 spiro atoms. The van der Waals surface area contributed by atoms with E-state index in [0.717, 1.165) is 11.8 Å². The zero-order valence-electron chi connectivity index (χ0n) is 5.52. The third-order valence-electron chi connectivity index (χ3n) is 0.586. The van der Waals surface area contributed by atoms with E-state index in [1.165, 1.54) is 0 Å². The van der Waals surface area contributed by atoms with Crippen molar-refractivity contribution in [1.82, 2.24) is 0 Å².